The van der Waals surface area contributed by atoms with E-state index in [2.05, 4.69) is 16.2 Å². The number of rotatable bonds is 3. The van der Waals surface area contributed by atoms with E-state index in [4.69, 9.17) is 17.0 Å². The Balaban J connectivity index is 1.91. The lowest BCUT2D eigenvalue weighted by atomic mass is 10.1. The van der Waals surface area contributed by atoms with E-state index in [1.165, 1.54) is 19.4 Å². The highest BCUT2D eigenvalue weighted by atomic mass is 16.5. The first kappa shape index (κ1) is 10.9. The van der Waals surface area contributed by atoms with E-state index < -0.39 is 0 Å². The van der Waals surface area contributed by atoms with Gasteiger partial charge < -0.3 is 4.74 Å². The Hall–Kier alpha value is -0.600. The molecular weight excluding hydrogens is 190 g/mol. The van der Waals surface area contributed by atoms with Crippen LogP contribution in [0.4, 0.5) is 0 Å². The number of ether oxygens (including phenoxy) is 1. The van der Waals surface area contributed by atoms with Crippen LogP contribution in [0, 0.1) is 12.3 Å². The van der Waals surface area contributed by atoms with Crippen molar-refractivity contribution in [1.29, 1.82) is 0 Å². The largest absolute Gasteiger partial charge is 0.374 e. The SMILES string of the molecule is C#CCC(NN)C1CN2CCCC2CO1. The molecule has 2 heterocycles. The van der Waals surface area contributed by atoms with Gasteiger partial charge in [0.2, 0.25) is 0 Å². The summed E-state index contributed by atoms with van der Waals surface area (Å²) in [6.07, 6.45) is 8.62. The summed E-state index contributed by atoms with van der Waals surface area (Å²) in [5, 5.41) is 0. The Morgan fingerprint density at radius 1 is 1.67 bits per heavy atom. The van der Waals surface area contributed by atoms with Gasteiger partial charge in [0, 0.05) is 19.0 Å². The molecule has 2 rings (SSSR count). The normalized spacial score (nSPS) is 33.3. The van der Waals surface area contributed by atoms with E-state index in [0.717, 1.165) is 13.2 Å². The molecule has 2 saturated heterocycles. The summed E-state index contributed by atoms with van der Waals surface area (Å²) in [5.41, 5.74) is 2.76. The van der Waals surface area contributed by atoms with E-state index >= 15 is 0 Å². The van der Waals surface area contributed by atoms with Crippen LogP contribution in [0.25, 0.3) is 0 Å². The van der Waals surface area contributed by atoms with Crippen LogP contribution in [-0.4, -0.2) is 42.8 Å². The fourth-order valence-electron chi connectivity index (χ4n) is 2.51. The maximum atomic E-state index is 5.82. The van der Waals surface area contributed by atoms with Gasteiger partial charge in [0.05, 0.1) is 18.8 Å². The molecule has 3 unspecified atom stereocenters. The lowest BCUT2D eigenvalue weighted by molar-refractivity contribution is -0.0637. The minimum Gasteiger partial charge on any atom is -0.374 e. The van der Waals surface area contributed by atoms with Crippen LogP contribution >= 0.6 is 0 Å². The van der Waals surface area contributed by atoms with Crippen LogP contribution < -0.4 is 11.3 Å². The van der Waals surface area contributed by atoms with E-state index in [1.807, 2.05) is 0 Å². The van der Waals surface area contributed by atoms with Crippen molar-refractivity contribution in [1.82, 2.24) is 10.3 Å². The van der Waals surface area contributed by atoms with Crippen LogP contribution in [0.15, 0.2) is 0 Å². The third kappa shape index (κ3) is 2.32. The molecule has 0 saturated carbocycles. The van der Waals surface area contributed by atoms with E-state index in [-0.39, 0.29) is 12.1 Å². The molecule has 0 bridgehead atoms. The van der Waals surface area contributed by atoms with Crippen molar-refractivity contribution >= 4 is 0 Å². The lowest BCUT2D eigenvalue weighted by Crippen LogP contribution is -2.55. The number of nitrogens with zero attached hydrogens (tertiary/aromatic N) is 1. The minimum atomic E-state index is 0.0801. The molecule has 2 fully saturated rings. The van der Waals surface area contributed by atoms with Crippen molar-refractivity contribution < 1.29 is 4.74 Å². The summed E-state index contributed by atoms with van der Waals surface area (Å²) in [7, 11) is 0. The standard InChI is InChI=1S/C11H19N3O/c1-2-4-10(13-12)11-7-14-6-3-5-9(14)8-15-11/h1,9-11,13H,3-8,12H2. The van der Waals surface area contributed by atoms with E-state index in [1.54, 1.807) is 0 Å². The Bertz CT molecular complexity index is 251. The molecule has 0 radical (unpaired) electrons. The Kier molecular flexibility index (Phi) is 3.60. The predicted molar refractivity (Wildman–Crippen MR) is 58.9 cm³/mol. The number of hydrogen-bond acceptors (Lipinski definition) is 4. The number of fused-ring (bicyclic) bond motifs is 1. The molecule has 4 nitrogen and oxygen atoms in total. The van der Waals surface area contributed by atoms with Crippen molar-refractivity contribution in [3.05, 3.63) is 0 Å². The van der Waals surface area contributed by atoms with Gasteiger partial charge in [0.25, 0.3) is 0 Å². The molecule has 2 aliphatic heterocycles. The molecule has 0 aromatic carbocycles. The summed E-state index contributed by atoms with van der Waals surface area (Å²) >= 11 is 0. The molecule has 15 heavy (non-hydrogen) atoms. The number of nitrogens with two attached hydrogens (primary N) is 1. The molecule has 0 aromatic heterocycles. The van der Waals surface area contributed by atoms with E-state index in [0.29, 0.717) is 12.5 Å². The monoisotopic (exact) mass is 209 g/mol. The summed E-state index contributed by atoms with van der Waals surface area (Å²) in [4.78, 5) is 2.50. The zero-order chi connectivity index (χ0) is 10.7. The number of terminal acetylenes is 1. The number of morpholine rings is 1. The highest BCUT2D eigenvalue weighted by Gasteiger charge is 2.35. The van der Waals surface area contributed by atoms with Crippen LogP contribution in [0.3, 0.4) is 0 Å². The molecular formula is C11H19N3O. The molecule has 0 amide bonds. The first-order valence-electron chi connectivity index (χ1n) is 5.60. The molecule has 3 atom stereocenters. The van der Waals surface area contributed by atoms with Gasteiger partial charge in [0.15, 0.2) is 0 Å². The zero-order valence-corrected chi connectivity index (χ0v) is 8.98. The minimum absolute atomic E-state index is 0.0801. The fraction of sp³-hybridized carbons (Fsp3) is 0.818. The molecule has 84 valence electrons. The average molecular weight is 209 g/mol. The summed E-state index contributed by atoms with van der Waals surface area (Å²) in [6.45, 7) is 2.98. The molecule has 0 aromatic rings. The van der Waals surface area contributed by atoms with Crippen molar-refractivity contribution in [2.24, 2.45) is 5.84 Å². The number of hydrogen-bond donors (Lipinski definition) is 2. The second kappa shape index (κ2) is 4.95. The quantitative estimate of drug-likeness (QED) is 0.381. The van der Waals surface area contributed by atoms with Crippen LogP contribution in [0.1, 0.15) is 19.3 Å². The fourth-order valence-corrected chi connectivity index (χ4v) is 2.51. The van der Waals surface area contributed by atoms with Gasteiger partial charge >= 0.3 is 0 Å². The Morgan fingerprint density at radius 3 is 3.27 bits per heavy atom. The molecule has 2 aliphatic rings. The second-order valence-corrected chi connectivity index (χ2v) is 4.34. The van der Waals surface area contributed by atoms with Crippen LogP contribution in [0.2, 0.25) is 0 Å². The van der Waals surface area contributed by atoms with Crippen LogP contribution in [0.5, 0.6) is 0 Å². The maximum Gasteiger partial charge on any atom is 0.0878 e. The van der Waals surface area contributed by atoms with Gasteiger partial charge in [-0.1, -0.05) is 0 Å². The summed E-state index contributed by atoms with van der Waals surface area (Å²) in [6, 6.07) is 0.710. The lowest BCUT2D eigenvalue weighted by Gasteiger charge is -2.38. The first-order chi connectivity index (χ1) is 7.35. The summed E-state index contributed by atoms with van der Waals surface area (Å²) < 4.78 is 5.82. The number of nitrogens with one attached hydrogen (secondary N) is 1. The van der Waals surface area contributed by atoms with Crippen molar-refractivity contribution in [2.75, 3.05) is 19.7 Å². The molecule has 4 heteroatoms. The topological polar surface area (TPSA) is 50.5 Å². The Morgan fingerprint density at radius 2 is 2.53 bits per heavy atom. The maximum absolute atomic E-state index is 5.82. The van der Waals surface area contributed by atoms with Gasteiger partial charge in [0.1, 0.15) is 0 Å². The van der Waals surface area contributed by atoms with Crippen LogP contribution in [-0.2, 0) is 4.74 Å². The predicted octanol–water partition coefficient (Wildman–Crippen LogP) is -0.295. The highest BCUT2D eigenvalue weighted by Crippen LogP contribution is 2.24. The first-order valence-corrected chi connectivity index (χ1v) is 5.60. The number of hydrazine groups is 1. The van der Waals surface area contributed by atoms with Crippen molar-refractivity contribution in [3.8, 4) is 12.3 Å². The molecule has 3 N–H and O–H groups in total. The molecule has 0 aliphatic carbocycles. The van der Waals surface area contributed by atoms with Gasteiger partial charge in [-0.3, -0.25) is 16.2 Å². The molecule has 0 spiro atoms. The Labute approximate surface area is 91.1 Å². The van der Waals surface area contributed by atoms with Gasteiger partial charge in [-0.05, 0) is 19.4 Å². The van der Waals surface area contributed by atoms with Crippen molar-refractivity contribution in [2.45, 2.75) is 37.5 Å². The average Bonchev–Trinajstić information content (AvgIpc) is 2.72. The zero-order valence-electron chi connectivity index (χ0n) is 8.98. The third-order valence-electron chi connectivity index (χ3n) is 3.42. The highest BCUT2D eigenvalue weighted by molar-refractivity contribution is 4.96. The van der Waals surface area contributed by atoms with Gasteiger partial charge in [-0.25, -0.2) is 0 Å². The van der Waals surface area contributed by atoms with Gasteiger partial charge in [-0.2, -0.15) is 0 Å². The van der Waals surface area contributed by atoms with Crippen molar-refractivity contribution in [3.63, 3.8) is 0 Å². The smallest absolute Gasteiger partial charge is 0.0878 e. The summed E-state index contributed by atoms with van der Waals surface area (Å²) in [5.74, 6) is 8.12. The second-order valence-electron chi connectivity index (χ2n) is 4.34. The third-order valence-corrected chi connectivity index (χ3v) is 3.42. The van der Waals surface area contributed by atoms with E-state index in [9.17, 15) is 0 Å². The van der Waals surface area contributed by atoms with Gasteiger partial charge in [-0.15, -0.1) is 12.3 Å².